The molecule has 3 N–H and O–H groups in total. The second kappa shape index (κ2) is 10.7. The molecule has 1 aliphatic heterocycles. The number of carbonyl (C=O) groups is 3. The monoisotopic (exact) mass is 466 g/mol. The van der Waals surface area contributed by atoms with E-state index in [9.17, 15) is 14.4 Å². The summed E-state index contributed by atoms with van der Waals surface area (Å²) in [5.41, 5.74) is 4.55. The zero-order chi connectivity index (χ0) is 24.1. The van der Waals surface area contributed by atoms with Crippen molar-refractivity contribution in [3.8, 4) is 11.1 Å². The van der Waals surface area contributed by atoms with E-state index >= 15 is 0 Å². The van der Waals surface area contributed by atoms with Gasteiger partial charge in [0.05, 0.1) is 31.6 Å². The summed E-state index contributed by atoms with van der Waals surface area (Å²) < 4.78 is 11.0. The van der Waals surface area contributed by atoms with Crippen LogP contribution in [0.1, 0.15) is 43.2 Å². The average Bonchev–Trinajstić information content (AvgIpc) is 3.40. The number of carbonyl (C=O) groups excluding carboxylic acids is 2. The molecule has 2 aliphatic rings. The maximum absolute atomic E-state index is 12.8. The fourth-order valence-electron chi connectivity index (χ4n) is 4.84. The van der Waals surface area contributed by atoms with Gasteiger partial charge in [-0.3, -0.25) is 9.59 Å². The molecule has 4 rings (SSSR count). The van der Waals surface area contributed by atoms with Crippen LogP contribution in [0.4, 0.5) is 4.79 Å². The molecule has 2 aromatic carbocycles. The van der Waals surface area contributed by atoms with E-state index in [0.717, 1.165) is 28.7 Å². The van der Waals surface area contributed by atoms with Crippen LogP contribution in [-0.4, -0.2) is 55.0 Å². The number of hydrogen-bond acceptors (Lipinski definition) is 5. The Morgan fingerprint density at radius 1 is 1.06 bits per heavy atom. The van der Waals surface area contributed by atoms with Crippen molar-refractivity contribution in [3.63, 3.8) is 0 Å². The Hall–Kier alpha value is -3.39. The summed E-state index contributed by atoms with van der Waals surface area (Å²) in [5, 5.41) is 14.6. The largest absolute Gasteiger partial charge is 0.481 e. The molecule has 2 amide bonds. The second-order valence-corrected chi connectivity index (χ2v) is 8.81. The van der Waals surface area contributed by atoms with Crippen molar-refractivity contribution in [1.82, 2.24) is 10.6 Å². The van der Waals surface area contributed by atoms with E-state index in [-0.39, 0.29) is 38.1 Å². The summed E-state index contributed by atoms with van der Waals surface area (Å²) in [4.78, 5) is 36.5. The molecule has 2 aromatic rings. The molecule has 1 heterocycles. The third-order valence-corrected chi connectivity index (χ3v) is 6.47. The number of amides is 2. The van der Waals surface area contributed by atoms with Gasteiger partial charge in [0.2, 0.25) is 5.91 Å². The molecule has 0 bridgehead atoms. The van der Waals surface area contributed by atoms with Crippen LogP contribution in [0, 0.1) is 5.92 Å². The molecular formula is C26H30N2O6. The summed E-state index contributed by atoms with van der Waals surface area (Å²) in [6.45, 7) is 2.47. The first-order valence-corrected chi connectivity index (χ1v) is 11.7. The number of nitrogens with one attached hydrogen (secondary N) is 2. The maximum Gasteiger partial charge on any atom is 0.407 e. The molecule has 2 unspecified atom stereocenters. The lowest BCUT2D eigenvalue weighted by atomic mass is 9.98. The number of carboxylic acids is 1. The van der Waals surface area contributed by atoms with E-state index < -0.39 is 30.1 Å². The molecule has 1 aliphatic carbocycles. The van der Waals surface area contributed by atoms with Gasteiger partial charge in [-0.1, -0.05) is 61.9 Å². The molecule has 0 saturated carbocycles. The zero-order valence-corrected chi connectivity index (χ0v) is 19.2. The Balaban J connectivity index is 1.35. The first kappa shape index (κ1) is 23.8. The van der Waals surface area contributed by atoms with Gasteiger partial charge in [-0.15, -0.1) is 0 Å². The van der Waals surface area contributed by atoms with Gasteiger partial charge in [-0.25, -0.2) is 4.79 Å². The van der Waals surface area contributed by atoms with Gasteiger partial charge in [-0.05, 0) is 28.7 Å². The number of fused-ring (bicyclic) bond motifs is 3. The number of hydrogen-bond donors (Lipinski definition) is 3. The number of alkyl carbamates (subject to hydrolysis) is 1. The molecule has 1 saturated heterocycles. The van der Waals surface area contributed by atoms with Crippen molar-refractivity contribution in [2.75, 3.05) is 19.8 Å². The van der Waals surface area contributed by atoms with Gasteiger partial charge in [0.1, 0.15) is 6.61 Å². The van der Waals surface area contributed by atoms with E-state index in [0.29, 0.717) is 6.42 Å². The maximum atomic E-state index is 12.8. The predicted molar refractivity (Wildman–Crippen MR) is 125 cm³/mol. The fraction of sp³-hybridized carbons (Fsp3) is 0.423. The van der Waals surface area contributed by atoms with Crippen LogP contribution in [0.15, 0.2) is 48.5 Å². The number of carboxylic acid groups (broad SMARTS) is 1. The Morgan fingerprint density at radius 3 is 2.32 bits per heavy atom. The van der Waals surface area contributed by atoms with Crippen molar-refractivity contribution in [2.24, 2.45) is 5.92 Å². The average molecular weight is 467 g/mol. The SMILES string of the molecule is CCC[C@@H](CC(=O)O)NC(=O)C1COCC1NC(=O)OCC1c2ccccc2-c2ccccc21. The summed E-state index contributed by atoms with van der Waals surface area (Å²) in [6, 6.07) is 15.2. The first-order valence-electron chi connectivity index (χ1n) is 11.7. The van der Waals surface area contributed by atoms with Crippen LogP contribution in [0.25, 0.3) is 11.1 Å². The number of benzene rings is 2. The zero-order valence-electron chi connectivity index (χ0n) is 19.2. The highest BCUT2D eigenvalue weighted by Gasteiger charge is 2.37. The van der Waals surface area contributed by atoms with Crippen LogP contribution in [-0.2, 0) is 19.1 Å². The second-order valence-electron chi connectivity index (χ2n) is 8.81. The van der Waals surface area contributed by atoms with Crippen molar-refractivity contribution in [1.29, 1.82) is 0 Å². The molecule has 8 heteroatoms. The van der Waals surface area contributed by atoms with Crippen molar-refractivity contribution >= 4 is 18.0 Å². The predicted octanol–water partition coefficient (Wildman–Crippen LogP) is 3.30. The topological polar surface area (TPSA) is 114 Å². The highest BCUT2D eigenvalue weighted by atomic mass is 16.5. The summed E-state index contributed by atoms with van der Waals surface area (Å²) in [7, 11) is 0. The third-order valence-electron chi connectivity index (χ3n) is 6.47. The molecule has 0 spiro atoms. The number of ether oxygens (including phenoxy) is 2. The van der Waals surface area contributed by atoms with E-state index in [1.165, 1.54) is 0 Å². The minimum Gasteiger partial charge on any atom is -0.481 e. The standard InChI is InChI=1S/C26H30N2O6/c1-2-7-16(12-24(29)30)27-25(31)22-13-33-15-23(22)28-26(32)34-14-21-19-10-5-3-8-17(19)18-9-4-6-11-20(18)21/h3-6,8-11,16,21-23H,2,7,12-15H2,1H3,(H,27,31)(H,28,32)(H,29,30)/t16-,22?,23?/m0/s1. The lowest BCUT2D eigenvalue weighted by Crippen LogP contribution is -2.49. The molecule has 180 valence electrons. The van der Waals surface area contributed by atoms with Gasteiger partial charge in [0, 0.05) is 12.0 Å². The molecule has 34 heavy (non-hydrogen) atoms. The minimum atomic E-state index is -0.963. The Kier molecular flexibility index (Phi) is 7.47. The Bertz CT molecular complexity index is 1010. The van der Waals surface area contributed by atoms with E-state index in [4.69, 9.17) is 14.6 Å². The van der Waals surface area contributed by atoms with Crippen LogP contribution in [0.5, 0.6) is 0 Å². The minimum absolute atomic E-state index is 0.0529. The molecular weight excluding hydrogens is 436 g/mol. The van der Waals surface area contributed by atoms with E-state index in [1.54, 1.807) is 0 Å². The number of aliphatic carboxylic acids is 1. The van der Waals surface area contributed by atoms with Crippen LogP contribution in [0.3, 0.4) is 0 Å². The number of rotatable bonds is 9. The molecule has 0 radical (unpaired) electrons. The third kappa shape index (κ3) is 5.22. The van der Waals surface area contributed by atoms with Gasteiger partial charge in [-0.2, -0.15) is 0 Å². The van der Waals surface area contributed by atoms with E-state index in [2.05, 4.69) is 34.9 Å². The normalized spacial score (nSPS) is 19.7. The highest BCUT2D eigenvalue weighted by molar-refractivity contribution is 5.82. The summed E-state index contributed by atoms with van der Waals surface area (Å²) >= 11 is 0. The van der Waals surface area contributed by atoms with Crippen LogP contribution in [0.2, 0.25) is 0 Å². The molecule has 0 aromatic heterocycles. The molecule has 3 atom stereocenters. The lowest BCUT2D eigenvalue weighted by molar-refractivity contribution is -0.137. The van der Waals surface area contributed by atoms with Crippen molar-refractivity contribution < 1.29 is 29.0 Å². The van der Waals surface area contributed by atoms with Crippen molar-refractivity contribution in [3.05, 3.63) is 59.7 Å². The highest BCUT2D eigenvalue weighted by Crippen LogP contribution is 2.44. The molecule has 8 nitrogen and oxygen atoms in total. The quantitative estimate of drug-likeness (QED) is 0.523. The lowest BCUT2D eigenvalue weighted by Gasteiger charge is -2.22. The van der Waals surface area contributed by atoms with Crippen LogP contribution >= 0.6 is 0 Å². The Morgan fingerprint density at radius 2 is 1.71 bits per heavy atom. The first-order chi connectivity index (χ1) is 16.5. The van der Waals surface area contributed by atoms with Gasteiger partial charge < -0.3 is 25.2 Å². The summed E-state index contributed by atoms with van der Waals surface area (Å²) in [6.07, 6.45) is 0.569. The smallest absolute Gasteiger partial charge is 0.407 e. The summed E-state index contributed by atoms with van der Waals surface area (Å²) in [5.74, 6) is -1.94. The van der Waals surface area contributed by atoms with Gasteiger partial charge in [0.15, 0.2) is 0 Å². The molecule has 1 fully saturated rings. The van der Waals surface area contributed by atoms with Gasteiger partial charge >= 0.3 is 12.1 Å². The fourth-order valence-corrected chi connectivity index (χ4v) is 4.84. The Labute approximate surface area is 198 Å². The van der Waals surface area contributed by atoms with Crippen molar-refractivity contribution in [2.45, 2.75) is 44.2 Å². The van der Waals surface area contributed by atoms with Gasteiger partial charge in [0.25, 0.3) is 0 Å². The van der Waals surface area contributed by atoms with Crippen LogP contribution < -0.4 is 10.6 Å². The van der Waals surface area contributed by atoms with E-state index in [1.807, 2.05) is 31.2 Å².